The Balaban J connectivity index is 1.28. The van der Waals surface area contributed by atoms with Crippen LogP contribution in [0.15, 0.2) is 76.4 Å². The Labute approximate surface area is 194 Å². The van der Waals surface area contributed by atoms with Crippen molar-refractivity contribution in [3.05, 3.63) is 101 Å². The number of ether oxygens (including phenoxy) is 3. The maximum atomic E-state index is 14.2. The lowest BCUT2D eigenvalue weighted by Crippen LogP contribution is -2.19. The van der Waals surface area contributed by atoms with Crippen LogP contribution in [-0.4, -0.2) is 17.3 Å². The fourth-order valence-electron chi connectivity index (χ4n) is 3.58. The fraction of sp³-hybridized carbons (Fsp3) is 0.200. The van der Waals surface area contributed by atoms with E-state index in [1.807, 2.05) is 54.6 Å². The summed E-state index contributed by atoms with van der Waals surface area (Å²) >= 11 is 1.34. The lowest BCUT2D eigenvalue weighted by molar-refractivity contribution is -0.112. The third kappa shape index (κ3) is 5.02. The molecule has 1 atom stereocenters. The third-order valence-electron chi connectivity index (χ3n) is 5.21. The Morgan fingerprint density at radius 1 is 1.06 bits per heavy atom. The minimum atomic E-state index is -0.535. The van der Waals surface area contributed by atoms with E-state index >= 15 is 0 Å². The van der Waals surface area contributed by atoms with Crippen molar-refractivity contribution in [3.63, 3.8) is 0 Å². The van der Waals surface area contributed by atoms with Crippen LogP contribution in [0.3, 0.4) is 0 Å². The number of aromatic nitrogens is 2. The van der Waals surface area contributed by atoms with Crippen molar-refractivity contribution in [2.75, 3.05) is 7.11 Å². The molecule has 1 aliphatic heterocycles. The topological polar surface area (TPSA) is 66.6 Å². The van der Waals surface area contributed by atoms with Gasteiger partial charge in [-0.1, -0.05) is 54.2 Å². The Kier molecular flexibility index (Phi) is 6.28. The largest absolute Gasteiger partial charge is 0.497 e. The monoisotopic (exact) mass is 464 g/mol. The summed E-state index contributed by atoms with van der Waals surface area (Å²) in [6.07, 6.45) is -0.0148. The van der Waals surface area contributed by atoms with Crippen LogP contribution >= 0.6 is 11.8 Å². The molecule has 4 aromatic rings. The number of fused-ring (bicyclic) bond motifs is 1. The highest BCUT2D eigenvalue weighted by molar-refractivity contribution is 7.98. The number of methoxy groups -OCH3 is 1. The van der Waals surface area contributed by atoms with Crippen molar-refractivity contribution >= 4 is 11.8 Å². The second-order valence-corrected chi connectivity index (χ2v) is 8.43. The molecule has 0 saturated heterocycles. The molecule has 1 aliphatic rings. The maximum absolute atomic E-state index is 14.2. The van der Waals surface area contributed by atoms with Crippen molar-refractivity contribution in [2.45, 2.75) is 30.3 Å². The lowest BCUT2D eigenvalue weighted by Gasteiger charge is -2.28. The third-order valence-corrected chi connectivity index (χ3v) is 6.08. The van der Waals surface area contributed by atoms with Gasteiger partial charge in [-0.2, -0.15) is 0 Å². The number of nitrogens with zero attached hydrogens (tertiary/aromatic N) is 2. The molecule has 0 spiro atoms. The molecule has 168 valence electrons. The first-order chi connectivity index (χ1) is 16.2. The zero-order chi connectivity index (χ0) is 22.6. The number of halogens is 1. The van der Waals surface area contributed by atoms with E-state index in [-0.39, 0.29) is 12.4 Å². The van der Waals surface area contributed by atoms with Gasteiger partial charge in [0.05, 0.1) is 20.1 Å². The Morgan fingerprint density at radius 2 is 1.88 bits per heavy atom. The van der Waals surface area contributed by atoms with Gasteiger partial charge in [0.1, 0.15) is 17.3 Å². The Bertz CT molecular complexity index is 1230. The van der Waals surface area contributed by atoms with Gasteiger partial charge in [-0.3, -0.25) is 0 Å². The highest BCUT2D eigenvalue weighted by atomic mass is 32.2. The second-order valence-electron chi connectivity index (χ2n) is 7.50. The summed E-state index contributed by atoms with van der Waals surface area (Å²) in [7, 11) is 1.63. The van der Waals surface area contributed by atoms with E-state index < -0.39 is 6.29 Å². The molecule has 0 saturated carbocycles. The number of benzene rings is 3. The van der Waals surface area contributed by atoms with E-state index in [0.29, 0.717) is 40.2 Å². The predicted molar refractivity (Wildman–Crippen MR) is 121 cm³/mol. The normalized spacial score (nSPS) is 15.0. The standard InChI is InChI=1S/C25H21FN2O4S/c1-29-21-9-7-16(8-10-21)11-22-27-28-25(31-22)33-15-19-13-20(26)12-18-14-30-24(32-23(18)19)17-5-3-2-4-6-17/h2-10,12-13,24H,11,14-15H2,1H3. The molecule has 3 aromatic carbocycles. The molecule has 8 heteroatoms. The van der Waals surface area contributed by atoms with E-state index in [4.69, 9.17) is 18.6 Å². The predicted octanol–water partition coefficient (Wildman–Crippen LogP) is 5.71. The molecule has 0 fully saturated rings. The average Bonchev–Trinajstić information content (AvgIpc) is 3.30. The van der Waals surface area contributed by atoms with Gasteiger partial charge < -0.3 is 18.6 Å². The molecule has 5 rings (SSSR count). The fourth-order valence-corrected chi connectivity index (χ4v) is 4.33. The Hall–Kier alpha value is -3.36. The van der Waals surface area contributed by atoms with E-state index in [2.05, 4.69) is 10.2 Å². The van der Waals surface area contributed by atoms with Gasteiger partial charge in [0.15, 0.2) is 0 Å². The SMILES string of the molecule is COc1ccc(Cc2nnc(SCc3cc(F)cc4c3OC(c3ccccc3)OC4)o2)cc1. The first-order valence-corrected chi connectivity index (χ1v) is 11.4. The molecule has 6 nitrogen and oxygen atoms in total. The zero-order valence-corrected chi connectivity index (χ0v) is 18.7. The van der Waals surface area contributed by atoms with Crippen LogP contribution in [0.25, 0.3) is 0 Å². The van der Waals surface area contributed by atoms with Crippen molar-refractivity contribution in [3.8, 4) is 11.5 Å². The molecule has 0 bridgehead atoms. The Morgan fingerprint density at radius 3 is 2.67 bits per heavy atom. The summed E-state index contributed by atoms with van der Waals surface area (Å²) in [5, 5.41) is 8.67. The highest BCUT2D eigenvalue weighted by Gasteiger charge is 2.25. The lowest BCUT2D eigenvalue weighted by atomic mass is 10.1. The smallest absolute Gasteiger partial charge is 0.276 e. The van der Waals surface area contributed by atoms with Gasteiger partial charge in [-0.05, 0) is 29.8 Å². The van der Waals surface area contributed by atoms with Crippen LogP contribution in [-0.2, 0) is 23.5 Å². The quantitative estimate of drug-likeness (QED) is 0.325. The highest BCUT2D eigenvalue weighted by Crippen LogP contribution is 2.38. The van der Waals surface area contributed by atoms with Gasteiger partial charge in [-0.25, -0.2) is 4.39 Å². The minimum absolute atomic E-state index is 0.275. The van der Waals surface area contributed by atoms with E-state index in [0.717, 1.165) is 16.9 Å². The average molecular weight is 465 g/mol. The molecule has 2 heterocycles. The molecule has 1 unspecified atom stereocenters. The first kappa shape index (κ1) is 21.5. The van der Waals surface area contributed by atoms with Crippen molar-refractivity contribution in [2.24, 2.45) is 0 Å². The molecule has 0 radical (unpaired) electrons. The van der Waals surface area contributed by atoms with Crippen LogP contribution in [0.2, 0.25) is 0 Å². The van der Waals surface area contributed by atoms with Gasteiger partial charge in [0.2, 0.25) is 12.2 Å². The molecule has 0 amide bonds. The molecule has 1 aromatic heterocycles. The van der Waals surface area contributed by atoms with Crippen LogP contribution in [0, 0.1) is 5.82 Å². The minimum Gasteiger partial charge on any atom is -0.497 e. The summed E-state index contributed by atoms with van der Waals surface area (Å²) in [5.74, 6) is 2.03. The number of hydrogen-bond donors (Lipinski definition) is 0. The number of hydrogen-bond acceptors (Lipinski definition) is 7. The van der Waals surface area contributed by atoms with Gasteiger partial charge >= 0.3 is 0 Å². The summed E-state index contributed by atoms with van der Waals surface area (Å²) in [6, 6.07) is 20.3. The van der Waals surface area contributed by atoms with Gasteiger partial charge in [-0.15, -0.1) is 10.2 Å². The summed E-state index contributed by atoms with van der Waals surface area (Å²) < 4.78 is 37.1. The number of rotatable bonds is 7. The van der Waals surface area contributed by atoms with Crippen LogP contribution in [0.4, 0.5) is 4.39 Å². The zero-order valence-electron chi connectivity index (χ0n) is 17.9. The number of thioether (sulfide) groups is 1. The van der Waals surface area contributed by atoms with Crippen molar-refractivity contribution in [1.29, 1.82) is 0 Å². The summed E-state index contributed by atoms with van der Waals surface area (Å²) in [5.41, 5.74) is 3.35. The van der Waals surface area contributed by atoms with E-state index in [1.54, 1.807) is 7.11 Å². The van der Waals surface area contributed by atoms with Gasteiger partial charge in [0, 0.05) is 22.4 Å². The first-order valence-electron chi connectivity index (χ1n) is 10.4. The molecule has 0 N–H and O–H groups in total. The summed E-state index contributed by atoms with van der Waals surface area (Å²) in [6.45, 7) is 0.275. The second kappa shape index (κ2) is 9.64. The van der Waals surface area contributed by atoms with E-state index in [1.165, 1.54) is 23.9 Å². The van der Waals surface area contributed by atoms with Crippen molar-refractivity contribution < 1.29 is 23.0 Å². The molecular weight excluding hydrogens is 443 g/mol. The van der Waals surface area contributed by atoms with Crippen LogP contribution in [0.5, 0.6) is 11.5 Å². The van der Waals surface area contributed by atoms with Crippen LogP contribution < -0.4 is 9.47 Å². The maximum Gasteiger partial charge on any atom is 0.276 e. The van der Waals surface area contributed by atoms with Crippen molar-refractivity contribution in [1.82, 2.24) is 10.2 Å². The molecule has 33 heavy (non-hydrogen) atoms. The summed E-state index contributed by atoms with van der Waals surface area (Å²) in [4.78, 5) is 0. The molecule has 0 aliphatic carbocycles. The van der Waals surface area contributed by atoms with E-state index in [9.17, 15) is 4.39 Å². The molecular formula is C25H21FN2O4S. The van der Waals surface area contributed by atoms with Gasteiger partial charge in [0.25, 0.3) is 5.22 Å². The van der Waals surface area contributed by atoms with Crippen LogP contribution in [0.1, 0.15) is 34.4 Å².